The zero-order chi connectivity index (χ0) is 23.8. The molecular weight excluding hydrogens is 437 g/mol. The largest absolute Gasteiger partial charge is 0.491 e. The Hall–Kier alpha value is -2.43. The monoisotopic (exact) mass is 470 g/mol. The maximum atomic E-state index is 15.2. The molecule has 0 heterocycles. The van der Waals surface area contributed by atoms with Crippen LogP contribution in [0.1, 0.15) is 58.3 Å². The van der Waals surface area contributed by atoms with Crippen molar-refractivity contribution < 1.29 is 22.6 Å². The first-order valence-corrected chi connectivity index (χ1v) is 12.7. The van der Waals surface area contributed by atoms with Crippen molar-refractivity contribution in [1.29, 1.82) is 0 Å². The molecule has 0 bridgehead atoms. The lowest BCUT2D eigenvalue weighted by Crippen LogP contribution is -2.27. The number of allylic oxidation sites excluding steroid dienone is 1. The predicted molar refractivity (Wildman–Crippen MR) is 129 cm³/mol. The van der Waals surface area contributed by atoms with Gasteiger partial charge >= 0.3 is 0 Å². The summed E-state index contributed by atoms with van der Waals surface area (Å²) in [6, 6.07) is 4.77. The first kappa shape index (κ1) is 23.3. The van der Waals surface area contributed by atoms with Crippen molar-refractivity contribution >= 4 is 0 Å². The van der Waals surface area contributed by atoms with Gasteiger partial charge in [-0.25, -0.2) is 8.78 Å². The summed E-state index contributed by atoms with van der Waals surface area (Å²) in [5.74, 6) is -0.0494. The zero-order valence-electron chi connectivity index (χ0n) is 19.8. The molecule has 2 aromatic rings. The van der Waals surface area contributed by atoms with Gasteiger partial charge in [0, 0.05) is 11.1 Å². The average molecular weight is 471 g/mol. The van der Waals surface area contributed by atoms with E-state index in [9.17, 15) is 8.78 Å². The van der Waals surface area contributed by atoms with Crippen molar-refractivity contribution in [3.63, 3.8) is 0 Å². The summed E-state index contributed by atoms with van der Waals surface area (Å²) < 4.78 is 55.3. The molecule has 0 N–H and O–H groups in total. The molecule has 0 amide bonds. The van der Waals surface area contributed by atoms with Gasteiger partial charge in [0.1, 0.15) is 0 Å². The molecular formula is C29H33F3O2. The first-order valence-electron chi connectivity index (χ1n) is 12.7. The zero-order valence-corrected chi connectivity index (χ0v) is 19.8. The SMILES string of the molecule is C=CC1CCC(C2CCC(COc3ccc4c(c3F)-c3c-4cc(OCC)c(F)c3F)CC2)CC1. The van der Waals surface area contributed by atoms with Gasteiger partial charge in [-0.15, -0.1) is 6.58 Å². The van der Waals surface area contributed by atoms with Crippen LogP contribution in [0.15, 0.2) is 30.9 Å². The lowest BCUT2D eigenvalue weighted by atomic mass is 9.69. The Labute approximate surface area is 200 Å². The van der Waals surface area contributed by atoms with Gasteiger partial charge in [0.2, 0.25) is 5.82 Å². The Balaban J connectivity index is 1.20. The summed E-state index contributed by atoms with van der Waals surface area (Å²) in [6.07, 6.45) is 11.9. The predicted octanol–water partition coefficient (Wildman–Crippen LogP) is 8.33. The van der Waals surface area contributed by atoms with E-state index in [2.05, 4.69) is 12.7 Å². The Morgan fingerprint density at radius 1 is 0.794 bits per heavy atom. The van der Waals surface area contributed by atoms with Crippen molar-refractivity contribution in [2.75, 3.05) is 13.2 Å². The second-order valence-electron chi connectivity index (χ2n) is 10.2. The van der Waals surface area contributed by atoms with E-state index in [0.717, 1.165) is 24.7 Å². The molecule has 0 atom stereocenters. The average Bonchev–Trinajstić information content (AvgIpc) is 2.85. The minimum Gasteiger partial charge on any atom is -0.491 e. The fraction of sp³-hybridized carbons (Fsp3) is 0.517. The Morgan fingerprint density at radius 3 is 2.09 bits per heavy atom. The van der Waals surface area contributed by atoms with Crippen LogP contribution in [0.25, 0.3) is 22.3 Å². The molecule has 5 rings (SSSR count). The van der Waals surface area contributed by atoms with Gasteiger partial charge in [-0.2, -0.15) is 4.39 Å². The molecule has 2 fully saturated rings. The summed E-state index contributed by atoms with van der Waals surface area (Å²) in [4.78, 5) is 0. The Morgan fingerprint density at radius 2 is 1.44 bits per heavy atom. The van der Waals surface area contributed by atoms with Gasteiger partial charge < -0.3 is 9.47 Å². The quantitative estimate of drug-likeness (QED) is 0.323. The normalized spacial score (nSPS) is 25.6. The molecule has 0 aromatic heterocycles. The van der Waals surface area contributed by atoms with E-state index in [1.165, 1.54) is 44.6 Å². The number of halogens is 3. The molecule has 0 unspecified atom stereocenters. The van der Waals surface area contributed by atoms with Crippen LogP contribution in [-0.4, -0.2) is 13.2 Å². The molecule has 2 saturated carbocycles. The maximum absolute atomic E-state index is 15.2. The van der Waals surface area contributed by atoms with Gasteiger partial charge in [-0.05, 0) is 111 Å². The highest BCUT2D eigenvalue weighted by Crippen LogP contribution is 2.53. The highest BCUT2D eigenvalue weighted by molar-refractivity contribution is 6.04. The smallest absolute Gasteiger partial charge is 0.201 e. The van der Waals surface area contributed by atoms with E-state index in [1.807, 2.05) is 0 Å². The van der Waals surface area contributed by atoms with Gasteiger partial charge in [0.15, 0.2) is 23.1 Å². The second kappa shape index (κ2) is 9.67. The molecule has 0 saturated heterocycles. The van der Waals surface area contributed by atoms with E-state index in [1.54, 1.807) is 19.1 Å². The molecule has 182 valence electrons. The topological polar surface area (TPSA) is 18.5 Å². The molecule has 5 heteroatoms. The van der Waals surface area contributed by atoms with Crippen molar-refractivity contribution in [3.05, 3.63) is 48.3 Å². The minimum atomic E-state index is -1.08. The number of ether oxygens (including phenoxy) is 2. The minimum absolute atomic E-state index is 0.0226. The van der Waals surface area contributed by atoms with Crippen LogP contribution >= 0.6 is 0 Å². The second-order valence-corrected chi connectivity index (χ2v) is 10.2. The fourth-order valence-corrected chi connectivity index (χ4v) is 6.28. The number of rotatable bonds is 7. The number of hydrogen-bond donors (Lipinski definition) is 0. The van der Waals surface area contributed by atoms with Crippen LogP contribution < -0.4 is 9.47 Å². The number of hydrogen-bond acceptors (Lipinski definition) is 2. The number of fused-ring (bicyclic) bond motifs is 4. The third-order valence-electron chi connectivity index (χ3n) is 8.30. The molecule has 0 aliphatic heterocycles. The summed E-state index contributed by atoms with van der Waals surface area (Å²) in [5.41, 5.74) is 1.12. The molecule has 2 aromatic carbocycles. The lowest BCUT2D eigenvalue weighted by molar-refractivity contribution is 0.127. The Kier molecular flexibility index (Phi) is 6.63. The highest BCUT2D eigenvalue weighted by Gasteiger charge is 2.35. The van der Waals surface area contributed by atoms with Gasteiger partial charge in [0.05, 0.1) is 13.2 Å². The molecule has 34 heavy (non-hydrogen) atoms. The summed E-state index contributed by atoms with van der Waals surface area (Å²) >= 11 is 0. The lowest BCUT2D eigenvalue weighted by Gasteiger charge is -2.37. The highest BCUT2D eigenvalue weighted by atomic mass is 19.2. The summed E-state index contributed by atoms with van der Waals surface area (Å²) in [5, 5.41) is 0. The van der Waals surface area contributed by atoms with Gasteiger partial charge in [-0.3, -0.25) is 0 Å². The van der Waals surface area contributed by atoms with Crippen molar-refractivity contribution in [2.24, 2.45) is 23.7 Å². The van der Waals surface area contributed by atoms with Crippen molar-refractivity contribution in [2.45, 2.75) is 58.3 Å². The van der Waals surface area contributed by atoms with Crippen LogP contribution in [0.4, 0.5) is 13.2 Å². The molecule has 3 aliphatic rings. The Bertz CT molecular complexity index is 1060. The standard InChI is InChI=1S/C29H33F3O2/c1-3-17-5-9-19(10-6-17)20-11-7-18(8-12-20)16-34-23-14-13-21-22-15-24(33-4-2)28(31)29(32)26(22)25(21)27(23)30/h3,13-15,17-20H,1,4-12,16H2,2H3. The van der Waals surface area contributed by atoms with Crippen molar-refractivity contribution in [1.82, 2.24) is 0 Å². The van der Waals surface area contributed by atoms with Crippen molar-refractivity contribution in [3.8, 4) is 33.8 Å². The number of benzene rings is 2. The van der Waals surface area contributed by atoms with Crippen LogP contribution in [0, 0.1) is 41.1 Å². The van der Waals surface area contributed by atoms with Gasteiger partial charge in [0.25, 0.3) is 0 Å². The first-order chi connectivity index (χ1) is 16.5. The summed E-state index contributed by atoms with van der Waals surface area (Å²) in [7, 11) is 0. The van der Waals surface area contributed by atoms with E-state index < -0.39 is 17.5 Å². The van der Waals surface area contributed by atoms with Crippen LogP contribution in [-0.2, 0) is 0 Å². The van der Waals surface area contributed by atoms with E-state index >= 15 is 4.39 Å². The van der Waals surface area contributed by atoms with Crippen LogP contribution in [0.3, 0.4) is 0 Å². The summed E-state index contributed by atoms with van der Waals surface area (Å²) in [6.45, 7) is 6.33. The third-order valence-corrected chi connectivity index (χ3v) is 8.30. The van der Waals surface area contributed by atoms with Crippen LogP contribution in [0.2, 0.25) is 0 Å². The van der Waals surface area contributed by atoms with Crippen LogP contribution in [0.5, 0.6) is 11.5 Å². The molecule has 0 radical (unpaired) electrons. The van der Waals surface area contributed by atoms with E-state index in [4.69, 9.17) is 9.47 Å². The maximum Gasteiger partial charge on any atom is 0.201 e. The molecule has 0 spiro atoms. The molecule has 3 aliphatic carbocycles. The van der Waals surface area contributed by atoms with Gasteiger partial charge in [-0.1, -0.05) is 6.08 Å². The third kappa shape index (κ3) is 4.12. The van der Waals surface area contributed by atoms with E-state index in [0.29, 0.717) is 29.6 Å². The molecule has 2 nitrogen and oxygen atoms in total. The fourth-order valence-electron chi connectivity index (χ4n) is 6.28. The van der Waals surface area contributed by atoms with E-state index in [-0.39, 0.29) is 29.2 Å².